The molecule has 0 aliphatic heterocycles. The molecule has 96 valence electrons. The summed E-state index contributed by atoms with van der Waals surface area (Å²) >= 11 is 0. The van der Waals surface area contributed by atoms with Crippen LogP contribution in [0.15, 0.2) is 35.4 Å². The number of nitriles is 1. The van der Waals surface area contributed by atoms with Gasteiger partial charge in [-0.1, -0.05) is 6.07 Å². The van der Waals surface area contributed by atoms with Gasteiger partial charge in [0.15, 0.2) is 0 Å². The highest BCUT2D eigenvalue weighted by molar-refractivity contribution is 5.45. The van der Waals surface area contributed by atoms with Crippen molar-refractivity contribution in [2.45, 2.75) is 13.5 Å². The predicted octanol–water partition coefficient (Wildman–Crippen LogP) is 1.48. The number of hydrogen-bond acceptors (Lipinski definition) is 4. The highest BCUT2D eigenvalue weighted by Crippen LogP contribution is 2.19. The van der Waals surface area contributed by atoms with Crippen molar-refractivity contribution in [1.29, 1.82) is 5.26 Å². The number of aromatic nitrogens is 2. The largest absolute Gasteiger partial charge is 0.495 e. The number of nitrogens with zero attached hydrogens (tertiary/aromatic N) is 3. The first-order valence-electron chi connectivity index (χ1n) is 5.74. The van der Waals surface area contributed by atoms with Crippen LogP contribution in [0.25, 0.3) is 0 Å². The van der Waals surface area contributed by atoms with E-state index in [4.69, 9.17) is 10.00 Å². The van der Waals surface area contributed by atoms with Crippen LogP contribution in [-0.4, -0.2) is 16.7 Å². The Morgan fingerprint density at radius 3 is 2.95 bits per heavy atom. The van der Waals surface area contributed by atoms with Crippen LogP contribution in [0, 0.1) is 18.3 Å². The predicted molar refractivity (Wildman–Crippen MR) is 70.0 cm³/mol. The van der Waals surface area contributed by atoms with Gasteiger partial charge in [-0.3, -0.25) is 4.57 Å². The van der Waals surface area contributed by atoms with Gasteiger partial charge in [0.25, 0.3) is 0 Å². The zero-order chi connectivity index (χ0) is 13.8. The van der Waals surface area contributed by atoms with Crippen molar-refractivity contribution < 1.29 is 4.74 Å². The van der Waals surface area contributed by atoms with Gasteiger partial charge in [-0.05, 0) is 30.2 Å². The van der Waals surface area contributed by atoms with Crippen LogP contribution in [0.3, 0.4) is 0 Å². The van der Waals surface area contributed by atoms with E-state index in [1.54, 1.807) is 18.3 Å². The monoisotopic (exact) mass is 255 g/mol. The zero-order valence-electron chi connectivity index (χ0n) is 10.8. The molecule has 2 aromatic rings. The van der Waals surface area contributed by atoms with Crippen LogP contribution in [0.1, 0.15) is 16.7 Å². The highest BCUT2D eigenvalue weighted by atomic mass is 16.5. The molecule has 0 aliphatic rings. The summed E-state index contributed by atoms with van der Waals surface area (Å²) in [6, 6.07) is 7.34. The third-order valence-corrected chi connectivity index (χ3v) is 2.72. The maximum atomic E-state index is 11.6. The molecule has 1 aromatic carbocycles. The van der Waals surface area contributed by atoms with Crippen molar-refractivity contribution in [1.82, 2.24) is 9.55 Å². The van der Waals surface area contributed by atoms with Crippen molar-refractivity contribution >= 4 is 0 Å². The summed E-state index contributed by atoms with van der Waals surface area (Å²) in [5, 5.41) is 9.03. The summed E-state index contributed by atoms with van der Waals surface area (Å²) in [5.41, 5.74) is 1.91. The fourth-order valence-electron chi connectivity index (χ4n) is 1.82. The van der Waals surface area contributed by atoms with Gasteiger partial charge in [0, 0.05) is 12.4 Å². The molecule has 0 aliphatic carbocycles. The molecule has 2 rings (SSSR count). The molecule has 1 heterocycles. The Morgan fingerprint density at radius 2 is 2.26 bits per heavy atom. The van der Waals surface area contributed by atoms with E-state index in [0.717, 1.165) is 11.1 Å². The van der Waals surface area contributed by atoms with Crippen LogP contribution < -0.4 is 10.4 Å². The van der Waals surface area contributed by atoms with Crippen molar-refractivity contribution in [3.05, 3.63) is 57.8 Å². The quantitative estimate of drug-likeness (QED) is 0.833. The van der Waals surface area contributed by atoms with Crippen LogP contribution in [0.5, 0.6) is 5.75 Å². The van der Waals surface area contributed by atoms with Crippen molar-refractivity contribution in [3.8, 4) is 11.8 Å². The third-order valence-electron chi connectivity index (χ3n) is 2.72. The van der Waals surface area contributed by atoms with E-state index >= 15 is 0 Å². The third kappa shape index (κ3) is 2.80. The number of methoxy groups -OCH3 is 1. The Kier molecular flexibility index (Phi) is 3.62. The van der Waals surface area contributed by atoms with E-state index in [9.17, 15) is 4.79 Å². The fourth-order valence-corrected chi connectivity index (χ4v) is 1.82. The standard InChI is InChI=1S/C14H13N3O2/c1-10-7-16-14(18)17(8-10)9-11-3-4-13(19-2)12(5-11)6-15/h3-5,7-8H,9H2,1-2H3. The van der Waals surface area contributed by atoms with Crippen molar-refractivity contribution in [2.75, 3.05) is 7.11 Å². The maximum Gasteiger partial charge on any atom is 0.347 e. The number of aryl methyl sites for hydroxylation is 1. The first-order valence-corrected chi connectivity index (χ1v) is 5.74. The molecule has 0 saturated heterocycles. The molecule has 0 saturated carbocycles. The number of rotatable bonds is 3. The van der Waals surface area contributed by atoms with Gasteiger partial charge in [0.2, 0.25) is 0 Å². The van der Waals surface area contributed by atoms with Crippen molar-refractivity contribution in [3.63, 3.8) is 0 Å². The van der Waals surface area contributed by atoms with Crippen LogP contribution in [0.2, 0.25) is 0 Å². The van der Waals surface area contributed by atoms with E-state index in [0.29, 0.717) is 17.9 Å². The lowest BCUT2D eigenvalue weighted by atomic mass is 10.1. The molecular weight excluding hydrogens is 242 g/mol. The number of hydrogen-bond donors (Lipinski definition) is 0. The Morgan fingerprint density at radius 1 is 1.47 bits per heavy atom. The van der Waals surface area contributed by atoms with Gasteiger partial charge in [0.1, 0.15) is 11.8 Å². The fraction of sp³-hybridized carbons (Fsp3) is 0.214. The molecule has 1 aromatic heterocycles. The average Bonchev–Trinajstić information content (AvgIpc) is 2.42. The van der Waals surface area contributed by atoms with Gasteiger partial charge in [-0.2, -0.15) is 5.26 Å². The minimum absolute atomic E-state index is 0.306. The van der Waals surface area contributed by atoms with E-state index < -0.39 is 0 Å². The average molecular weight is 255 g/mol. The molecule has 19 heavy (non-hydrogen) atoms. The second-order valence-electron chi connectivity index (χ2n) is 4.19. The molecule has 0 unspecified atom stereocenters. The lowest BCUT2D eigenvalue weighted by Crippen LogP contribution is -2.22. The molecule has 5 heteroatoms. The van der Waals surface area contributed by atoms with Gasteiger partial charge in [0.05, 0.1) is 19.2 Å². The zero-order valence-corrected chi connectivity index (χ0v) is 10.8. The van der Waals surface area contributed by atoms with E-state index in [2.05, 4.69) is 11.1 Å². The highest BCUT2D eigenvalue weighted by Gasteiger charge is 2.05. The molecule has 0 amide bonds. The normalized spacial score (nSPS) is 9.95. The maximum absolute atomic E-state index is 11.6. The van der Waals surface area contributed by atoms with Crippen LogP contribution in [-0.2, 0) is 6.54 Å². The summed E-state index contributed by atoms with van der Waals surface area (Å²) in [4.78, 5) is 15.4. The first kappa shape index (κ1) is 12.8. The van der Waals surface area contributed by atoms with Crippen LogP contribution >= 0.6 is 0 Å². The van der Waals surface area contributed by atoms with Gasteiger partial charge >= 0.3 is 5.69 Å². The Bertz CT molecular complexity index is 699. The Hall–Kier alpha value is -2.61. The second kappa shape index (κ2) is 5.36. The van der Waals surface area contributed by atoms with Crippen molar-refractivity contribution in [2.24, 2.45) is 0 Å². The minimum atomic E-state index is -0.306. The summed E-state index contributed by atoms with van der Waals surface area (Å²) < 4.78 is 6.59. The molecule has 0 atom stereocenters. The SMILES string of the molecule is COc1ccc(Cn2cc(C)cnc2=O)cc1C#N. The minimum Gasteiger partial charge on any atom is -0.495 e. The van der Waals surface area contributed by atoms with Crippen LogP contribution in [0.4, 0.5) is 0 Å². The molecule has 0 fully saturated rings. The van der Waals surface area contributed by atoms with E-state index in [1.807, 2.05) is 13.0 Å². The number of ether oxygens (including phenoxy) is 1. The van der Waals surface area contributed by atoms with Gasteiger partial charge in [-0.25, -0.2) is 9.78 Å². The second-order valence-corrected chi connectivity index (χ2v) is 4.19. The lowest BCUT2D eigenvalue weighted by molar-refractivity contribution is 0.413. The summed E-state index contributed by atoms with van der Waals surface area (Å²) in [6.07, 6.45) is 3.28. The summed E-state index contributed by atoms with van der Waals surface area (Å²) in [7, 11) is 1.52. The summed E-state index contributed by atoms with van der Waals surface area (Å²) in [5.74, 6) is 0.529. The first-order chi connectivity index (χ1) is 9.13. The molecule has 0 radical (unpaired) electrons. The van der Waals surface area contributed by atoms with E-state index in [1.165, 1.54) is 17.9 Å². The van der Waals surface area contributed by atoms with E-state index in [-0.39, 0.29) is 5.69 Å². The smallest absolute Gasteiger partial charge is 0.347 e. The van der Waals surface area contributed by atoms with Gasteiger partial charge in [-0.15, -0.1) is 0 Å². The van der Waals surface area contributed by atoms with Gasteiger partial charge < -0.3 is 4.74 Å². The number of benzene rings is 1. The topological polar surface area (TPSA) is 67.9 Å². The Balaban J connectivity index is 2.36. The molecule has 0 spiro atoms. The summed E-state index contributed by atoms with van der Waals surface area (Å²) in [6.45, 7) is 2.25. The molecule has 0 bridgehead atoms. The molecular formula is C14H13N3O2. The lowest BCUT2D eigenvalue weighted by Gasteiger charge is -2.08. The Labute approximate surface area is 110 Å². The molecule has 5 nitrogen and oxygen atoms in total. The molecule has 0 N–H and O–H groups in total.